The predicted molar refractivity (Wildman–Crippen MR) is 69.2 cm³/mol. The molecule has 0 saturated carbocycles. The molecule has 0 spiro atoms. The molecular formula is C12H16N2O6. The fourth-order valence-electron chi connectivity index (χ4n) is 1.97. The first-order chi connectivity index (χ1) is 9.40. The first kappa shape index (κ1) is 14.7. The molecule has 1 fully saturated rings. The Labute approximate surface area is 114 Å². The Kier molecular flexibility index (Phi) is 4.19. The van der Waals surface area contributed by atoms with Crippen molar-refractivity contribution in [2.24, 2.45) is 0 Å². The van der Waals surface area contributed by atoms with E-state index in [0.29, 0.717) is 5.69 Å². The highest BCUT2D eigenvalue weighted by Gasteiger charge is 2.37. The number of nitrogens with one attached hydrogen (secondary N) is 1. The van der Waals surface area contributed by atoms with Crippen molar-refractivity contribution in [3.05, 3.63) is 33.9 Å². The molecular weight excluding hydrogens is 268 g/mol. The Morgan fingerprint density at radius 1 is 1.35 bits per heavy atom. The van der Waals surface area contributed by atoms with Crippen molar-refractivity contribution in [2.45, 2.75) is 31.5 Å². The zero-order valence-electron chi connectivity index (χ0n) is 10.8. The van der Waals surface area contributed by atoms with Gasteiger partial charge in [-0.1, -0.05) is 6.07 Å². The summed E-state index contributed by atoms with van der Waals surface area (Å²) < 4.78 is 5.19. The number of hydrogen-bond acceptors (Lipinski definition) is 7. The summed E-state index contributed by atoms with van der Waals surface area (Å²) in [4.78, 5) is 10.2. The average molecular weight is 284 g/mol. The molecule has 0 aromatic heterocycles. The maximum Gasteiger partial charge on any atom is 0.271 e. The van der Waals surface area contributed by atoms with Crippen LogP contribution in [-0.4, -0.2) is 51.4 Å². The van der Waals surface area contributed by atoms with Crippen molar-refractivity contribution < 1.29 is 25.0 Å². The third-order valence-corrected chi connectivity index (χ3v) is 3.23. The Bertz CT molecular complexity index is 509. The number of benzene rings is 1. The third-order valence-electron chi connectivity index (χ3n) is 3.23. The van der Waals surface area contributed by atoms with Gasteiger partial charge in [-0.15, -0.1) is 0 Å². The standard InChI is InChI=1S/C12H16N2O6/c1-6-2-3-7(14(18)19)4-8(6)13-12-11(17)10(16)9(15)5-20-12/h2-4,9-13,15-17H,5H2,1H3/t9-,10+,11+,12+/m1/s1. The van der Waals surface area contributed by atoms with Crippen LogP contribution in [0.2, 0.25) is 0 Å². The van der Waals surface area contributed by atoms with Crippen LogP contribution in [0.5, 0.6) is 0 Å². The van der Waals surface area contributed by atoms with E-state index in [0.717, 1.165) is 5.56 Å². The predicted octanol–water partition coefficient (Wildman–Crippen LogP) is -0.246. The first-order valence-electron chi connectivity index (χ1n) is 6.07. The number of nitro groups is 1. The van der Waals surface area contributed by atoms with Gasteiger partial charge in [-0.05, 0) is 12.5 Å². The molecule has 110 valence electrons. The van der Waals surface area contributed by atoms with Crippen molar-refractivity contribution in [3.8, 4) is 0 Å². The average Bonchev–Trinajstić information content (AvgIpc) is 2.41. The van der Waals surface area contributed by atoms with Gasteiger partial charge in [-0.3, -0.25) is 10.1 Å². The number of anilines is 1. The van der Waals surface area contributed by atoms with E-state index in [4.69, 9.17) is 4.74 Å². The number of ether oxygens (including phenoxy) is 1. The lowest BCUT2D eigenvalue weighted by Gasteiger charge is -2.36. The molecule has 4 atom stereocenters. The zero-order chi connectivity index (χ0) is 14.9. The van der Waals surface area contributed by atoms with Crippen molar-refractivity contribution in [1.82, 2.24) is 0 Å². The maximum atomic E-state index is 10.7. The van der Waals surface area contributed by atoms with E-state index in [9.17, 15) is 25.4 Å². The minimum absolute atomic E-state index is 0.0935. The summed E-state index contributed by atoms with van der Waals surface area (Å²) in [6.45, 7) is 1.61. The minimum atomic E-state index is -1.34. The normalized spacial score (nSPS) is 30.0. The minimum Gasteiger partial charge on any atom is -0.388 e. The topological polar surface area (TPSA) is 125 Å². The molecule has 0 unspecified atom stereocenters. The van der Waals surface area contributed by atoms with Crippen LogP contribution < -0.4 is 5.32 Å². The van der Waals surface area contributed by atoms with Gasteiger partial charge in [0.2, 0.25) is 0 Å². The number of aliphatic hydroxyl groups is 3. The van der Waals surface area contributed by atoms with Crippen LogP contribution in [-0.2, 0) is 4.74 Å². The number of rotatable bonds is 3. The second-order valence-electron chi connectivity index (χ2n) is 4.70. The highest BCUT2D eigenvalue weighted by molar-refractivity contribution is 5.57. The highest BCUT2D eigenvalue weighted by Crippen LogP contribution is 2.25. The molecule has 20 heavy (non-hydrogen) atoms. The van der Waals surface area contributed by atoms with Crippen LogP contribution >= 0.6 is 0 Å². The van der Waals surface area contributed by atoms with Gasteiger partial charge in [0, 0.05) is 17.8 Å². The Morgan fingerprint density at radius 2 is 2.05 bits per heavy atom. The van der Waals surface area contributed by atoms with Crippen LogP contribution in [0.25, 0.3) is 0 Å². The first-order valence-corrected chi connectivity index (χ1v) is 6.07. The SMILES string of the molecule is Cc1ccc([N+](=O)[O-])cc1N[C@H]1OC[C@@H](O)[C@H](O)[C@@H]1O. The number of hydrogen-bond donors (Lipinski definition) is 4. The molecule has 1 heterocycles. The van der Waals surface area contributed by atoms with Crippen molar-refractivity contribution in [2.75, 3.05) is 11.9 Å². The van der Waals surface area contributed by atoms with Crippen LogP contribution in [0.4, 0.5) is 11.4 Å². The van der Waals surface area contributed by atoms with Gasteiger partial charge in [-0.2, -0.15) is 0 Å². The summed E-state index contributed by atoms with van der Waals surface area (Å²) in [6, 6.07) is 4.26. The van der Waals surface area contributed by atoms with Crippen molar-refractivity contribution in [3.63, 3.8) is 0 Å². The molecule has 0 bridgehead atoms. The monoisotopic (exact) mass is 284 g/mol. The van der Waals surface area contributed by atoms with Crippen LogP contribution in [0, 0.1) is 17.0 Å². The molecule has 1 saturated heterocycles. The van der Waals surface area contributed by atoms with Gasteiger partial charge in [-0.25, -0.2) is 0 Å². The largest absolute Gasteiger partial charge is 0.388 e. The molecule has 1 aromatic rings. The molecule has 4 N–H and O–H groups in total. The number of nitro benzene ring substituents is 1. The maximum absolute atomic E-state index is 10.7. The van der Waals surface area contributed by atoms with Gasteiger partial charge >= 0.3 is 0 Å². The molecule has 8 heteroatoms. The van der Waals surface area contributed by atoms with Crippen LogP contribution in [0.15, 0.2) is 18.2 Å². The Balaban J connectivity index is 2.17. The van der Waals surface area contributed by atoms with E-state index in [2.05, 4.69) is 5.32 Å². The molecule has 0 radical (unpaired) electrons. The summed E-state index contributed by atoms with van der Waals surface area (Å²) in [5.74, 6) is 0. The van der Waals surface area contributed by atoms with E-state index in [1.165, 1.54) is 12.1 Å². The Morgan fingerprint density at radius 3 is 2.70 bits per heavy atom. The highest BCUT2D eigenvalue weighted by atomic mass is 16.6. The number of aryl methyl sites for hydroxylation is 1. The molecule has 0 amide bonds. The lowest BCUT2D eigenvalue weighted by Crippen LogP contribution is -2.55. The summed E-state index contributed by atoms with van der Waals surface area (Å²) in [5.41, 5.74) is 1.06. The smallest absolute Gasteiger partial charge is 0.271 e. The summed E-state index contributed by atoms with van der Waals surface area (Å²) in [7, 11) is 0. The quantitative estimate of drug-likeness (QED) is 0.445. The lowest BCUT2D eigenvalue weighted by atomic mass is 10.0. The van der Waals surface area contributed by atoms with Crippen LogP contribution in [0.3, 0.4) is 0 Å². The zero-order valence-corrected chi connectivity index (χ0v) is 10.8. The third kappa shape index (κ3) is 2.88. The summed E-state index contributed by atoms with van der Waals surface area (Å²) in [5, 5.41) is 42.3. The molecule has 0 aliphatic carbocycles. The number of aliphatic hydroxyl groups excluding tert-OH is 3. The van der Waals surface area contributed by atoms with Gasteiger partial charge in [0.05, 0.1) is 11.5 Å². The van der Waals surface area contributed by atoms with E-state index in [1.807, 2.05) is 0 Å². The second-order valence-corrected chi connectivity index (χ2v) is 4.70. The summed E-state index contributed by atoms with van der Waals surface area (Å²) >= 11 is 0. The molecule has 2 rings (SSSR count). The molecule has 1 aliphatic heterocycles. The molecule has 8 nitrogen and oxygen atoms in total. The molecule has 1 aliphatic rings. The fourth-order valence-corrected chi connectivity index (χ4v) is 1.97. The van der Waals surface area contributed by atoms with Crippen molar-refractivity contribution in [1.29, 1.82) is 0 Å². The summed E-state index contributed by atoms with van der Waals surface area (Å²) in [6.07, 6.45) is -4.78. The Hall–Kier alpha value is -1.74. The second kappa shape index (κ2) is 5.71. The van der Waals surface area contributed by atoms with Gasteiger partial charge in [0.1, 0.15) is 18.3 Å². The van der Waals surface area contributed by atoms with E-state index in [1.54, 1.807) is 13.0 Å². The fraction of sp³-hybridized carbons (Fsp3) is 0.500. The van der Waals surface area contributed by atoms with Gasteiger partial charge in [0.15, 0.2) is 6.23 Å². The lowest BCUT2D eigenvalue weighted by molar-refractivity contribution is -0.384. The van der Waals surface area contributed by atoms with Gasteiger partial charge < -0.3 is 25.4 Å². The van der Waals surface area contributed by atoms with E-state index < -0.39 is 29.5 Å². The van der Waals surface area contributed by atoms with Gasteiger partial charge in [0.25, 0.3) is 5.69 Å². The molecule has 1 aromatic carbocycles. The van der Waals surface area contributed by atoms with Crippen molar-refractivity contribution >= 4 is 11.4 Å². The van der Waals surface area contributed by atoms with E-state index in [-0.39, 0.29) is 12.3 Å². The van der Waals surface area contributed by atoms with E-state index >= 15 is 0 Å². The number of nitrogens with zero attached hydrogens (tertiary/aromatic N) is 1. The number of non-ortho nitro benzene ring substituents is 1. The van der Waals surface area contributed by atoms with Crippen LogP contribution in [0.1, 0.15) is 5.56 Å².